The summed E-state index contributed by atoms with van der Waals surface area (Å²) in [5, 5.41) is 9.72. The molecule has 4 atom stereocenters. The van der Waals surface area contributed by atoms with Gasteiger partial charge in [0.2, 0.25) is 5.91 Å². The molecule has 7 nitrogen and oxygen atoms in total. The second-order valence-electron chi connectivity index (χ2n) is 7.03. The van der Waals surface area contributed by atoms with E-state index in [9.17, 15) is 24.3 Å². The van der Waals surface area contributed by atoms with Gasteiger partial charge in [0.15, 0.2) is 5.78 Å². The van der Waals surface area contributed by atoms with Crippen molar-refractivity contribution in [3.05, 3.63) is 41.1 Å². The molecule has 7 heteroatoms. The molecule has 0 unspecified atom stereocenters. The van der Waals surface area contributed by atoms with Crippen LogP contribution >= 0.6 is 0 Å². The topological polar surface area (TPSA) is 101 Å². The lowest BCUT2D eigenvalue weighted by molar-refractivity contribution is -0.171. The molecule has 27 heavy (non-hydrogen) atoms. The normalized spacial score (nSPS) is 25.0. The molecule has 3 rings (SSSR count). The summed E-state index contributed by atoms with van der Waals surface area (Å²) in [6, 6.07) is 6.32. The molecule has 1 aromatic rings. The third kappa shape index (κ3) is 2.93. The van der Waals surface area contributed by atoms with Crippen LogP contribution in [0.4, 0.5) is 0 Å². The number of hydrogen-bond acceptors (Lipinski definition) is 5. The molecule has 2 aliphatic heterocycles. The first kappa shape index (κ1) is 18.8. The molecule has 2 heterocycles. The number of fused-ring (bicyclic) bond motifs is 1. The van der Waals surface area contributed by atoms with Crippen molar-refractivity contribution in [1.82, 2.24) is 4.90 Å². The fourth-order valence-corrected chi connectivity index (χ4v) is 4.16. The fourth-order valence-electron chi connectivity index (χ4n) is 4.16. The Bertz CT molecular complexity index is 869. The average molecular weight is 371 g/mol. The van der Waals surface area contributed by atoms with E-state index in [1.807, 2.05) is 6.92 Å². The number of carboxylic acid groups (broad SMARTS) is 1. The van der Waals surface area contributed by atoms with Crippen LogP contribution in [-0.2, 0) is 19.1 Å². The minimum atomic E-state index is -1.18. The average Bonchev–Trinajstić information content (AvgIpc) is 2.83. The standard InChI is InChI=1S/C20H21NO6/c1-9-15(14-7-5-13(6-8-14)10(2)22)18(20(25)26)21-17(9)16(19(21)24)11(3)27-12(4)23/h5-9,11,16-17H,1-4H3,(H,25,26)/t9-,11+,16+,17+/m0/s1. The van der Waals surface area contributed by atoms with Gasteiger partial charge in [-0.3, -0.25) is 14.4 Å². The van der Waals surface area contributed by atoms with Crippen LogP contribution in [0.15, 0.2) is 30.0 Å². The Balaban J connectivity index is 1.99. The first-order valence-electron chi connectivity index (χ1n) is 8.74. The van der Waals surface area contributed by atoms with Gasteiger partial charge in [-0.2, -0.15) is 0 Å². The predicted octanol–water partition coefficient (Wildman–Crippen LogP) is 2.11. The number of nitrogens with zero attached hydrogens (tertiary/aromatic N) is 1. The molecule has 0 aliphatic carbocycles. The summed E-state index contributed by atoms with van der Waals surface area (Å²) in [7, 11) is 0. The van der Waals surface area contributed by atoms with Gasteiger partial charge in [0.05, 0.1) is 12.0 Å². The Morgan fingerprint density at radius 1 is 1.15 bits per heavy atom. The van der Waals surface area contributed by atoms with Crippen LogP contribution < -0.4 is 0 Å². The number of esters is 1. The number of ether oxygens (including phenoxy) is 1. The highest BCUT2D eigenvalue weighted by Gasteiger charge is 2.60. The van der Waals surface area contributed by atoms with Gasteiger partial charge in [0, 0.05) is 18.4 Å². The van der Waals surface area contributed by atoms with E-state index in [4.69, 9.17) is 4.74 Å². The van der Waals surface area contributed by atoms with E-state index in [2.05, 4.69) is 0 Å². The smallest absolute Gasteiger partial charge is 0.352 e. The van der Waals surface area contributed by atoms with E-state index in [0.29, 0.717) is 16.7 Å². The van der Waals surface area contributed by atoms with Gasteiger partial charge in [0.25, 0.3) is 0 Å². The molecule has 142 valence electrons. The second-order valence-corrected chi connectivity index (χ2v) is 7.03. The lowest BCUT2D eigenvalue weighted by Crippen LogP contribution is -2.64. The number of carbonyl (C=O) groups excluding carboxylic acids is 3. The molecule has 0 saturated carbocycles. The molecule has 0 spiro atoms. The third-order valence-electron chi connectivity index (χ3n) is 5.31. The van der Waals surface area contributed by atoms with Crippen LogP contribution in [0.5, 0.6) is 0 Å². The number of rotatable bonds is 5. The van der Waals surface area contributed by atoms with Crippen molar-refractivity contribution in [2.24, 2.45) is 11.8 Å². The zero-order valence-corrected chi connectivity index (χ0v) is 15.6. The maximum Gasteiger partial charge on any atom is 0.352 e. The summed E-state index contributed by atoms with van der Waals surface area (Å²) >= 11 is 0. The van der Waals surface area contributed by atoms with Crippen molar-refractivity contribution in [3.8, 4) is 0 Å². The maximum absolute atomic E-state index is 12.6. The summed E-state index contributed by atoms with van der Waals surface area (Å²) in [5.41, 5.74) is 1.70. The monoisotopic (exact) mass is 371 g/mol. The number of Topliss-reactive ketones (excluding diaryl/α,β-unsaturated/α-hetero) is 1. The summed E-state index contributed by atoms with van der Waals surface area (Å²) in [4.78, 5) is 48.6. The van der Waals surface area contributed by atoms with Crippen molar-refractivity contribution < 1.29 is 29.0 Å². The van der Waals surface area contributed by atoms with Crippen molar-refractivity contribution in [2.75, 3.05) is 0 Å². The number of aliphatic carboxylic acids is 1. The number of amides is 1. The Labute approximate surface area is 156 Å². The quantitative estimate of drug-likeness (QED) is 0.483. The predicted molar refractivity (Wildman–Crippen MR) is 95.5 cm³/mol. The highest BCUT2D eigenvalue weighted by molar-refractivity contribution is 6.07. The molecular formula is C20H21NO6. The van der Waals surface area contributed by atoms with Crippen LogP contribution in [0, 0.1) is 11.8 Å². The minimum absolute atomic E-state index is 0.0423. The van der Waals surface area contributed by atoms with Gasteiger partial charge in [-0.25, -0.2) is 4.79 Å². The SMILES string of the molecule is CC(=O)O[C@H](C)[C@H]1C(=O)N2C(C(=O)O)=C(c3ccc(C(C)=O)cc3)[C@H](C)[C@H]12. The minimum Gasteiger partial charge on any atom is -0.477 e. The van der Waals surface area contributed by atoms with E-state index < -0.39 is 24.0 Å². The van der Waals surface area contributed by atoms with Gasteiger partial charge in [0.1, 0.15) is 11.8 Å². The number of hydrogen-bond donors (Lipinski definition) is 1. The summed E-state index contributed by atoms with van der Waals surface area (Å²) in [6.45, 7) is 6.25. The lowest BCUT2D eigenvalue weighted by atomic mass is 9.76. The van der Waals surface area contributed by atoms with E-state index in [-0.39, 0.29) is 29.3 Å². The van der Waals surface area contributed by atoms with Crippen LogP contribution in [0.1, 0.15) is 43.6 Å². The number of ketones is 1. The zero-order valence-electron chi connectivity index (χ0n) is 15.6. The maximum atomic E-state index is 12.6. The highest BCUT2D eigenvalue weighted by Crippen LogP contribution is 2.50. The highest BCUT2D eigenvalue weighted by atomic mass is 16.5. The van der Waals surface area contributed by atoms with Crippen molar-refractivity contribution in [3.63, 3.8) is 0 Å². The van der Waals surface area contributed by atoms with Crippen molar-refractivity contribution in [2.45, 2.75) is 39.8 Å². The Hall–Kier alpha value is -2.96. The molecule has 1 fully saturated rings. The molecule has 1 amide bonds. The molecule has 1 aromatic carbocycles. The van der Waals surface area contributed by atoms with Crippen molar-refractivity contribution in [1.29, 1.82) is 0 Å². The van der Waals surface area contributed by atoms with Crippen LogP contribution in [0.2, 0.25) is 0 Å². The number of benzene rings is 1. The van der Waals surface area contributed by atoms with Gasteiger partial charge >= 0.3 is 11.9 Å². The summed E-state index contributed by atoms with van der Waals surface area (Å²) < 4.78 is 5.17. The van der Waals surface area contributed by atoms with Crippen LogP contribution in [0.3, 0.4) is 0 Å². The summed E-state index contributed by atoms with van der Waals surface area (Å²) in [5.74, 6) is -2.92. The summed E-state index contributed by atoms with van der Waals surface area (Å²) in [6.07, 6.45) is -0.631. The van der Waals surface area contributed by atoms with E-state index >= 15 is 0 Å². The molecular weight excluding hydrogens is 350 g/mol. The first-order valence-corrected chi connectivity index (χ1v) is 8.74. The first-order chi connectivity index (χ1) is 12.6. The number of β-lactam (4-membered cyclic amide) rings is 1. The van der Waals surface area contributed by atoms with Gasteiger partial charge in [-0.15, -0.1) is 0 Å². The van der Waals surface area contributed by atoms with Gasteiger partial charge in [-0.05, 0) is 25.0 Å². The number of carbonyl (C=O) groups is 4. The Kier molecular flexibility index (Phi) is 4.63. The molecule has 0 bridgehead atoms. The Morgan fingerprint density at radius 3 is 2.22 bits per heavy atom. The Morgan fingerprint density at radius 2 is 1.74 bits per heavy atom. The number of carboxylic acids is 1. The molecule has 1 N–H and O–H groups in total. The molecule has 2 aliphatic rings. The van der Waals surface area contributed by atoms with Gasteiger partial charge in [-0.1, -0.05) is 31.2 Å². The van der Waals surface area contributed by atoms with E-state index in [1.54, 1.807) is 31.2 Å². The van der Waals surface area contributed by atoms with E-state index in [0.717, 1.165) is 0 Å². The lowest BCUT2D eigenvalue weighted by Gasteiger charge is -2.47. The van der Waals surface area contributed by atoms with Crippen LogP contribution in [0.25, 0.3) is 5.57 Å². The molecule has 0 aromatic heterocycles. The van der Waals surface area contributed by atoms with Crippen LogP contribution in [-0.4, -0.2) is 45.8 Å². The van der Waals surface area contributed by atoms with Crippen molar-refractivity contribution >= 4 is 29.2 Å². The van der Waals surface area contributed by atoms with E-state index in [1.165, 1.54) is 18.7 Å². The fraction of sp³-hybridized carbons (Fsp3) is 0.400. The van der Waals surface area contributed by atoms with Gasteiger partial charge < -0.3 is 14.7 Å². The largest absolute Gasteiger partial charge is 0.477 e. The zero-order chi connectivity index (χ0) is 20.0. The third-order valence-corrected chi connectivity index (χ3v) is 5.31. The second kappa shape index (κ2) is 6.64. The molecule has 1 saturated heterocycles. The molecule has 0 radical (unpaired) electrons.